The van der Waals surface area contributed by atoms with Gasteiger partial charge >= 0.3 is 6.18 Å². The lowest BCUT2D eigenvalue weighted by Gasteiger charge is -2.17. The summed E-state index contributed by atoms with van der Waals surface area (Å²) in [4.78, 5) is 11.0. The van der Waals surface area contributed by atoms with E-state index in [1.54, 1.807) is 17.8 Å². The van der Waals surface area contributed by atoms with Gasteiger partial charge in [0.05, 0.1) is 12.0 Å². The summed E-state index contributed by atoms with van der Waals surface area (Å²) in [6.07, 6.45) is 0.612. The predicted octanol–water partition coefficient (Wildman–Crippen LogP) is 1.32. The first-order valence-electron chi connectivity index (χ1n) is 5.48. The fourth-order valence-corrected chi connectivity index (χ4v) is 1.85. The lowest BCUT2D eigenvalue weighted by atomic mass is 9.96. The maximum absolute atomic E-state index is 12.9. The molecule has 102 valence electrons. The number of hydrogen-bond acceptors (Lipinski definition) is 4. The Bertz CT molecular complexity index is 563. The van der Waals surface area contributed by atoms with Crippen molar-refractivity contribution in [1.29, 1.82) is 0 Å². The molecule has 0 amide bonds. The number of rotatable bonds is 3. The molecule has 5 nitrogen and oxygen atoms in total. The molecule has 0 aliphatic rings. The molecule has 2 N–H and O–H groups in total. The average Bonchev–Trinajstić information content (AvgIpc) is 2.76. The molecule has 0 bridgehead atoms. The van der Waals surface area contributed by atoms with E-state index in [9.17, 15) is 13.2 Å². The van der Waals surface area contributed by atoms with Crippen LogP contribution in [0.5, 0.6) is 0 Å². The second-order valence-corrected chi connectivity index (χ2v) is 4.08. The molecule has 0 saturated carbocycles. The molecule has 2 aromatic heterocycles. The Kier molecular flexibility index (Phi) is 3.52. The van der Waals surface area contributed by atoms with Gasteiger partial charge in [0.15, 0.2) is 5.69 Å². The Hall–Kier alpha value is -1.96. The first-order valence-corrected chi connectivity index (χ1v) is 5.48. The lowest BCUT2D eigenvalue weighted by Crippen LogP contribution is -2.21. The van der Waals surface area contributed by atoms with Crippen molar-refractivity contribution >= 4 is 0 Å². The van der Waals surface area contributed by atoms with Crippen molar-refractivity contribution in [2.24, 2.45) is 12.8 Å². The van der Waals surface area contributed by atoms with E-state index < -0.39 is 17.8 Å². The number of halogens is 3. The molecule has 2 heterocycles. The summed E-state index contributed by atoms with van der Waals surface area (Å²) in [7, 11) is 1.73. The zero-order valence-electron chi connectivity index (χ0n) is 10.1. The summed E-state index contributed by atoms with van der Waals surface area (Å²) in [6.45, 7) is -0.00648. The van der Waals surface area contributed by atoms with Gasteiger partial charge in [-0.25, -0.2) is 15.0 Å². The fraction of sp³-hybridized carbons (Fsp3) is 0.364. The van der Waals surface area contributed by atoms with Crippen LogP contribution in [0.4, 0.5) is 13.2 Å². The van der Waals surface area contributed by atoms with Crippen LogP contribution in [-0.2, 0) is 13.2 Å². The van der Waals surface area contributed by atoms with Crippen LogP contribution in [0.3, 0.4) is 0 Å². The van der Waals surface area contributed by atoms with Crippen molar-refractivity contribution in [2.75, 3.05) is 6.54 Å². The minimum absolute atomic E-state index is 0.00648. The molecule has 1 unspecified atom stereocenters. The standard InChI is InChI=1S/C11H12F3N5/c1-19-4-9(18-6-19)7(2-15)8-3-16-5-17-10(8)11(12,13)14/h3-7H,2,15H2,1H3. The molecule has 19 heavy (non-hydrogen) atoms. The average molecular weight is 271 g/mol. The van der Waals surface area contributed by atoms with Gasteiger partial charge in [-0.3, -0.25) is 0 Å². The highest BCUT2D eigenvalue weighted by atomic mass is 19.4. The molecule has 0 aliphatic heterocycles. The molecule has 8 heteroatoms. The van der Waals surface area contributed by atoms with E-state index in [4.69, 9.17) is 5.73 Å². The molecular formula is C11H12F3N5. The zero-order chi connectivity index (χ0) is 14.0. The third-order valence-corrected chi connectivity index (χ3v) is 2.70. The maximum atomic E-state index is 12.9. The Labute approximate surface area is 107 Å². The Morgan fingerprint density at radius 1 is 1.37 bits per heavy atom. The number of nitrogens with two attached hydrogens (primary N) is 1. The minimum Gasteiger partial charge on any atom is -0.340 e. The first-order chi connectivity index (χ1) is 8.93. The van der Waals surface area contributed by atoms with Crippen molar-refractivity contribution in [3.63, 3.8) is 0 Å². The van der Waals surface area contributed by atoms with Crippen LogP contribution in [0.25, 0.3) is 0 Å². The second kappa shape index (κ2) is 4.96. The van der Waals surface area contributed by atoms with Crippen LogP contribution in [0, 0.1) is 0 Å². The van der Waals surface area contributed by atoms with Crippen LogP contribution in [-0.4, -0.2) is 26.1 Å². The minimum atomic E-state index is -4.54. The highest BCUT2D eigenvalue weighted by Gasteiger charge is 2.37. The van der Waals surface area contributed by atoms with Gasteiger partial charge in [-0.2, -0.15) is 13.2 Å². The number of aromatic nitrogens is 4. The van der Waals surface area contributed by atoms with E-state index in [0.29, 0.717) is 5.69 Å². The van der Waals surface area contributed by atoms with E-state index in [0.717, 1.165) is 12.5 Å². The molecule has 2 rings (SSSR count). The van der Waals surface area contributed by atoms with Crippen molar-refractivity contribution in [3.8, 4) is 0 Å². The van der Waals surface area contributed by atoms with Gasteiger partial charge in [0.25, 0.3) is 0 Å². The first kappa shape index (κ1) is 13.5. The zero-order valence-corrected chi connectivity index (χ0v) is 10.1. The summed E-state index contributed by atoms with van der Waals surface area (Å²) >= 11 is 0. The normalized spacial score (nSPS) is 13.5. The number of hydrogen-bond donors (Lipinski definition) is 1. The largest absolute Gasteiger partial charge is 0.433 e. The lowest BCUT2D eigenvalue weighted by molar-refractivity contribution is -0.142. The maximum Gasteiger partial charge on any atom is 0.433 e. The van der Waals surface area contributed by atoms with Crippen LogP contribution >= 0.6 is 0 Å². The molecule has 0 aliphatic carbocycles. The summed E-state index contributed by atoms with van der Waals surface area (Å²) in [5.74, 6) is -0.681. The van der Waals surface area contributed by atoms with Gasteiger partial charge in [0, 0.05) is 37.5 Å². The van der Waals surface area contributed by atoms with Crippen LogP contribution in [0.15, 0.2) is 25.0 Å². The topological polar surface area (TPSA) is 69.6 Å². The number of imidazole rings is 1. The summed E-state index contributed by atoms with van der Waals surface area (Å²) in [5, 5.41) is 0. The van der Waals surface area contributed by atoms with Gasteiger partial charge in [0.2, 0.25) is 0 Å². The molecule has 2 aromatic rings. The molecular weight excluding hydrogens is 259 g/mol. The van der Waals surface area contributed by atoms with E-state index in [1.807, 2.05) is 0 Å². The van der Waals surface area contributed by atoms with Crippen molar-refractivity contribution in [1.82, 2.24) is 19.5 Å². The molecule has 0 aromatic carbocycles. The number of nitrogens with zero attached hydrogens (tertiary/aromatic N) is 4. The monoisotopic (exact) mass is 271 g/mol. The van der Waals surface area contributed by atoms with Crippen LogP contribution < -0.4 is 5.73 Å². The molecule has 0 spiro atoms. The summed E-state index contributed by atoms with van der Waals surface area (Å²) < 4.78 is 40.4. The van der Waals surface area contributed by atoms with Gasteiger partial charge in [-0.15, -0.1) is 0 Å². The summed E-state index contributed by atoms with van der Waals surface area (Å²) in [5.41, 5.74) is 5.02. The van der Waals surface area contributed by atoms with E-state index in [-0.39, 0.29) is 12.1 Å². The highest BCUT2D eigenvalue weighted by molar-refractivity contribution is 5.31. The Morgan fingerprint density at radius 2 is 2.11 bits per heavy atom. The third kappa shape index (κ3) is 2.73. The number of aryl methyl sites for hydroxylation is 1. The highest BCUT2D eigenvalue weighted by Crippen LogP contribution is 2.34. The molecule has 0 saturated heterocycles. The van der Waals surface area contributed by atoms with Crippen LogP contribution in [0.1, 0.15) is 22.9 Å². The molecule has 0 fully saturated rings. The van der Waals surface area contributed by atoms with Crippen molar-refractivity contribution in [3.05, 3.63) is 42.0 Å². The Morgan fingerprint density at radius 3 is 2.63 bits per heavy atom. The quantitative estimate of drug-likeness (QED) is 0.914. The molecule has 0 radical (unpaired) electrons. The third-order valence-electron chi connectivity index (χ3n) is 2.70. The Balaban J connectivity index is 2.50. The van der Waals surface area contributed by atoms with E-state index in [2.05, 4.69) is 15.0 Å². The SMILES string of the molecule is Cn1cnc(C(CN)c2cncnc2C(F)(F)F)c1. The van der Waals surface area contributed by atoms with Gasteiger partial charge in [0.1, 0.15) is 6.33 Å². The van der Waals surface area contributed by atoms with E-state index >= 15 is 0 Å². The van der Waals surface area contributed by atoms with Crippen molar-refractivity contribution in [2.45, 2.75) is 12.1 Å². The van der Waals surface area contributed by atoms with Gasteiger partial charge < -0.3 is 10.3 Å². The second-order valence-electron chi connectivity index (χ2n) is 4.08. The van der Waals surface area contributed by atoms with Gasteiger partial charge in [-0.1, -0.05) is 0 Å². The fourth-order valence-electron chi connectivity index (χ4n) is 1.85. The number of alkyl halides is 3. The van der Waals surface area contributed by atoms with E-state index in [1.165, 1.54) is 6.33 Å². The predicted molar refractivity (Wildman–Crippen MR) is 61.1 cm³/mol. The van der Waals surface area contributed by atoms with Gasteiger partial charge in [-0.05, 0) is 0 Å². The van der Waals surface area contributed by atoms with Crippen molar-refractivity contribution < 1.29 is 13.2 Å². The molecule has 1 atom stereocenters. The summed E-state index contributed by atoms with van der Waals surface area (Å²) in [6, 6.07) is 0. The smallest absolute Gasteiger partial charge is 0.340 e. The van der Waals surface area contributed by atoms with Crippen LogP contribution in [0.2, 0.25) is 0 Å².